The Morgan fingerprint density at radius 1 is 0.684 bits per heavy atom. The molecule has 416 valence electrons. The zero-order chi connectivity index (χ0) is 55.0. The third kappa shape index (κ3) is 11.1. The number of aryl methyl sites for hydroxylation is 2. The SMILES string of the molecule is CNc1ncnc2c1ncn2[C@@H]1O[C@H](COP(=O)(O)OP(=O)(O)OP(=O)(O)OC[C@H]2O[C@@H](n3c[n+](C)c4c(=O)[nH]c(N)nc43)C(O)C2O)[C@H](OP(=O)(O)OC[C@H]2O[C@@H](n3cnc4c(=O)[nH]c(C)nc43)C(O)[C@H]2O)C1OC. The molecule has 6 aromatic heterocycles. The minimum absolute atomic E-state index is 0.0195. The van der Waals surface area contributed by atoms with E-state index < -0.39 is 136 Å². The minimum Gasteiger partial charge on any atom is -0.387 e. The van der Waals surface area contributed by atoms with E-state index in [1.54, 1.807) is 7.05 Å². The molecule has 6 aromatic rings. The largest absolute Gasteiger partial charge is 0.490 e. The van der Waals surface area contributed by atoms with Crippen LogP contribution in [0.4, 0.5) is 11.8 Å². The van der Waals surface area contributed by atoms with Crippen LogP contribution in [0.25, 0.3) is 33.5 Å². The fourth-order valence-electron chi connectivity index (χ4n) is 8.55. The molecule has 9 heterocycles. The predicted molar refractivity (Wildman–Crippen MR) is 244 cm³/mol. The van der Waals surface area contributed by atoms with Crippen LogP contribution < -0.4 is 26.7 Å². The second-order valence-corrected chi connectivity index (χ2v) is 22.9. The molecule has 3 fully saturated rings. The van der Waals surface area contributed by atoms with E-state index in [2.05, 4.69) is 53.8 Å². The molecule has 0 amide bonds. The molecule has 0 radical (unpaired) electrons. The number of aliphatic hydroxyl groups is 4. The van der Waals surface area contributed by atoms with Crippen LogP contribution in [0, 0.1) is 6.92 Å². The van der Waals surface area contributed by atoms with Gasteiger partial charge in [0.2, 0.25) is 18.5 Å². The molecular formula is C34H47N14O24P4+. The molecular weight excluding hydrogens is 1110 g/mol. The lowest BCUT2D eigenvalue weighted by atomic mass is 10.1. The Kier molecular flexibility index (Phi) is 15.4. The monoisotopic (exact) mass is 1160 g/mol. The molecule has 0 bridgehead atoms. The van der Waals surface area contributed by atoms with Gasteiger partial charge in [0, 0.05) is 14.2 Å². The lowest BCUT2D eigenvalue weighted by Crippen LogP contribution is -2.38. The number of H-pyrrole nitrogens is 2. The summed E-state index contributed by atoms with van der Waals surface area (Å²) in [6.45, 7) is -1.85. The van der Waals surface area contributed by atoms with Crippen molar-refractivity contribution in [3.63, 3.8) is 0 Å². The summed E-state index contributed by atoms with van der Waals surface area (Å²) in [5.74, 6) is 0.135. The molecule has 9 rings (SSSR count). The summed E-state index contributed by atoms with van der Waals surface area (Å²) in [6.07, 6.45) is -15.3. The van der Waals surface area contributed by atoms with Crippen molar-refractivity contribution in [2.24, 2.45) is 7.05 Å². The number of hydrogen-bond acceptors (Lipinski definition) is 28. The van der Waals surface area contributed by atoms with Gasteiger partial charge in [-0.05, 0) is 6.92 Å². The van der Waals surface area contributed by atoms with Crippen LogP contribution in [-0.2, 0) is 71.0 Å². The van der Waals surface area contributed by atoms with E-state index in [9.17, 15) is 67.8 Å². The van der Waals surface area contributed by atoms with Gasteiger partial charge in [-0.15, -0.1) is 0 Å². The van der Waals surface area contributed by atoms with Crippen molar-refractivity contribution in [3.8, 4) is 0 Å². The number of fused-ring (bicyclic) bond motifs is 3. The van der Waals surface area contributed by atoms with Crippen LogP contribution in [0.15, 0.2) is 34.9 Å². The standard InChI is InChI=1S/C34H46N14O24P4/c1-12-41-27-17(29(53)42-12)40-10-47(27)31-21(51)19(49)13(67-31)5-64-73(55,56)70-23-15(69-33(24(23)63-4)46-9-39-16-25(36-2)37-8-38-26(16)46)7-66-75(59,60)72-76(61,62)71-74(57,58)65-6-14-20(50)22(52)32(68-14)48-11-45(3)18-28(48)43-34(35)44-30(18)54/h8-11,13-15,19-24,31-33,49-52H,5-7H2,1-4H3,(H8-,35,36,37,38,41,42,43,44,53,54,55,56,57,58,59,60,61,62)/p+1/t13-,14-,15-,19+,20?,21?,22?,23+,24?,31-,32-,33-/m1/s1. The molecule has 3 saturated heterocycles. The molecule has 8 unspecified atom stereocenters. The maximum Gasteiger partial charge on any atom is 0.490 e. The predicted octanol–water partition coefficient (Wildman–Crippen LogP) is -3.52. The Morgan fingerprint density at radius 3 is 1.84 bits per heavy atom. The number of aromatic amines is 2. The summed E-state index contributed by atoms with van der Waals surface area (Å²) in [7, 11) is -19.3. The maximum atomic E-state index is 13.7. The lowest BCUT2D eigenvalue weighted by Gasteiger charge is -2.26. The van der Waals surface area contributed by atoms with Crippen LogP contribution in [0.3, 0.4) is 0 Å². The number of ether oxygens (including phenoxy) is 4. The molecule has 76 heavy (non-hydrogen) atoms. The number of methoxy groups -OCH3 is 1. The Morgan fingerprint density at radius 2 is 1.24 bits per heavy atom. The molecule has 0 spiro atoms. The Bertz CT molecular complexity index is 3490. The van der Waals surface area contributed by atoms with Gasteiger partial charge in [-0.3, -0.25) is 41.8 Å². The maximum absolute atomic E-state index is 13.7. The Balaban J connectivity index is 0.868. The molecule has 38 nitrogen and oxygen atoms in total. The third-order valence-electron chi connectivity index (χ3n) is 11.9. The van der Waals surface area contributed by atoms with Crippen molar-refractivity contribution in [2.75, 3.05) is 45.0 Å². The van der Waals surface area contributed by atoms with Crippen molar-refractivity contribution in [2.45, 2.75) is 80.5 Å². The molecule has 13 N–H and O–H groups in total. The molecule has 0 aromatic carbocycles. The quantitative estimate of drug-likeness (QED) is 0.0260. The van der Waals surface area contributed by atoms with E-state index >= 15 is 0 Å². The number of rotatable bonds is 20. The van der Waals surface area contributed by atoms with E-state index in [1.165, 1.54) is 35.8 Å². The summed E-state index contributed by atoms with van der Waals surface area (Å²) in [6, 6.07) is 0. The molecule has 0 saturated carbocycles. The summed E-state index contributed by atoms with van der Waals surface area (Å²) in [5.41, 5.74) is 4.43. The second kappa shape index (κ2) is 21.0. The Hall–Kier alpha value is -4.95. The van der Waals surface area contributed by atoms with Gasteiger partial charge in [0.15, 0.2) is 35.1 Å². The number of nitrogens with one attached hydrogen (secondary N) is 3. The minimum atomic E-state index is -6.20. The first kappa shape index (κ1) is 55.8. The topological polar surface area (TPSA) is 522 Å². The van der Waals surface area contributed by atoms with E-state index in [0.717, 1.165) is 28.9 Å². The van der Waals surface area contributed by atoms with Crippen molar-refractivity contribution in [1.82, 2.24) is 53.6 Å². The number of nitrogen functional groups attached to an aromatic ring is 1. The van der Waals surface area contributed by atoms with Crippen LogP contribution >= 0.6 is 31.3 Å². The van der Waals surface area contributed by atoms with E-state index in [0.29, 0.717) is 0 Å². The van der Waals surface area contributed by atoms with Gasteiger partial charge in [-0.25, -0.2) is 47.7 Å². The van der Waals surface area contributed by atoms with E-state index in [-0.39, 0.29) is 51.1 Å². The summed E-state index contributed by atoms with van der Waals surface area (Å²) in [4.78, 5) is 96.9. The number of nitrogens with two attached hydrogens (primary N) is 1. The first-order valence-electron chi connectivity index (χ1n) is 21.8. The average molecular weight is 1160 g/mol. The van der Waals surface area contributed by atoms with Crippen molar-refractivity contribution in [3.05, 3.63) is 51.8 Å². The van der Waals surface area contributed by atoms with E-state index in [1.807, 2.05) is 0 Å². The van der Waals surface area contributed by atoms with Crippen molar-refractivity contribution >= 4 is 76.5 Å². The van der Waals surface area contributed by atoms with Gasteiger partial charge in [-0.1, -0.05) is 0 Å². The highest BCUT2D eigenvalue weighted by Crippen LogP contribution is 2.68. The zero-order valence-corrected chi connectivity index (χ0v) is 42.9. The first-order valence-corrected chi connectivity index (χ1v) is 27.8. The highest BCUT2D eigenvalue weighted by molar-refractivity contribution is 7.66. The average Bonchev–Trinajstić information content (AvgIpc) is 4.19. The van der Waals surface area contributed by atoms with Crippen LogP contribution in [0.2, 0.25) is 0 Å². The highest BCUT2D eigenvalue weighted by Gasteiger charge is 2.54. The molecule has 3 aliphatic rings. The van der Waals surface area contributed by atoms with Gasteiger partial charge in [0.1, 0.15) is 72.6 Å². The number of aliphatic hydroxyl groups excluding tert-OH is 4. The van der Waals surface area contributed by atoms with Crippen molar-refractivity contribution in [1.29, 1.82) is 0 Å². The molecule has 0 aliphatic carbocycles. The number of hydrogen-bond donors (Lipinski definition) is 12. The fraction of sp³-hybridized carbons (Fsp3) is 0.559. The van der Waals surface area contributed by atoms with Gasteiger partial charge in [0.25, 0.3) is 16.7 Å². The fourth-order valence-corrected chi connectivity index (χ4v) is 13.0. The molecule has 42 heteroatoms. The second-order valence-electron chi connectivity index (χ2n) is 16.9. The summed E-state index contributed by atoms with van der Waals surface area (Å²) >= 11 is 0. The number of phosphoric ester groups is 3. The first-order chi connectivity index (χ1) is 35.7. The number of anilines is 2. The number of imidazole rings is 3. The molecule has 3 aliphatic heterocycles. The number of phosphoric acid groups is 4. The van der Waals surface area contributed by atoms with E-state index in [4.69, 9.17) is 42.8 Å². The van der Waals surface area contributed by atoms with Crippen LogP contribution in [0.1, 0.15) is 24.5 Å². The third-order valence-corrected chi connectivity index (χ3v) is 17.1. The smallest absolute Gasteiger partial charge is 0.387 e. The number of aromatic nitrogens is 12. The van der Waals surface area contributed by atoms with Gasteiger partial charge < -0.3 is 75.0 Å². The van der Waals surface area contributed by atoms with Crippen LogP contribution in [0.5, 0.6) is 0 Å². The van der Waals surface area contributed by atoms with Gasteiger partial charge in [-0.2, -0.15) is 18.2 Å². The zero-order valence-electron chi connectivity index (χ0n) is 39.3. The molecule has 16 atom stereocenters. The van der Waals surface area contributed by atoms with Gasteiger partial charge >= 0.3 is 36.9 Å². The normalized spacial score (nSPS) is 30.2. The highest BCUT2D eigenvalue weighted by atomic mass is 31.3. The summed E-state index contributed by atoms with van der Waals surface area (Å²) < 4.78 is 109. The lowest BCUT2D eigenvalue weighted by molar-refractivity contribution is -0.646. The Labute approximate surface area is 422 Å². The van der Waals surface area contributed by atoms with Crippen molar-refractivity contribution < 1.29 is 108 Å². The van der Waals surface area contributed by atoms with Crippen LogP contribution in [-0.4, -0.2) is 182 Å². The van der Waals surface area contributed by atoms with Gasteiger partial charge in [0.05, 0.1) is 39.5 Å². The number of nitrogens with zero attached hydrogens (tertiary/aromatic N) is 10. The summed E-state index contributed by atoms with van der Waals surface area (Å²) in [5, 5.41) is 46.1.